The normalized spacial score (nSPS) is 11.1. The Bertz CT molecular complexity index is 2680. The van der Waals surface area contributed by atoms with Crippen LogP contribution in [0.1, 0.15) is 69.1 Å². The molecule has 0 aliphatic carbocycles. The lowest BCUT2D eigenvalue weighted by Crippen LogP contribution is -1.98. The number of Topliss-reactive ketones (excluding diaryl/α,β-unsaturated/α-hetero) is 4. The maximum absolute atomic E-state index is 12.1. The van der Waals surface area contributed by atoms with Crippen LogP contribution in [0, 0.1) is 0 Å². The summed E-state index contributed by atoms with van der Waals surface area (Å²) in [6.07, 6.45) is 0. The molecule has 2 aromatic heterocycles. The second kappa shape index (κ2) is 14.5. The number of carbonyl (C=O) groups excluding carboxylic acids is 4. The van der Waals surface area contributed by atoms with Gasteiger partial charge in [-0.2, -0.15) is 0 Å². The molecule has 0 N–H and O–H groups in total. The van der Waals surface area contributed by atoms with Crippen molar-refractivity contribution in [2.75, 3.05) is 0 Å². The van der Waals surface area contributed by atoms with Gasteiger partial charge in [-0.1, -0.05) is 109 Å². The number of nitrogens with zero attached hydrogens (tertiary/aromatic N) is 4. The SMILES string of the molecule is CC(=O)c1ccc(-c2nc3ccc(-c4ccc5nc(-c6ccc(C(C)=O)cc6)c(-c6ccc(C(C)=O)cc6)nc5c4)cc3nc2-c2ccc(C(C)=O)cc2)cc1. The fourth-order valence-electron chi connectivity index (χ4n) is 6.72. The van der Waals surface area contributed by atoms with E-state index >= 15 is 0 Å². The summed E-state index contributed by atoms with van der Waals surface area (Å²) in [5.74, 6) is -0.0884. The summed E-state index contributed by atoms with van der Waals surface area (Å²) < 4.78 is 0. The van der Waals surface area contributed by atoms with Crippen molar-refractivity contribution in [3.8, 4) is 56.2 Å². The molecule has 0 spiro atoms. The molecule has 0 aliphatic rings. The standard InChI is InChI=1S/C48H34N4O4/c1-27(53)31-5-13-35(14-6-31)45-47(37-17-9-33(10-18-37)29(3)55)51-43-25-39(21-23-41(43)49-45)40-22-24-42-44(26-40)52-48(38-19-11-34(12-20-38)30(4)56)46(50-42)36-15-7-32(8-16-36)28(2)54/h5-26H,1-4H3. The highest BCUT2D eigenvalue weighted by molar-refractivity contribution is 5.98. The highest BCUT2D eigenvalue weighted by atomic mass is 16.1. The molecular formula is C48H34N4O4. The molecule has 0 saturated carbocycles. The van der Waals surface area contributed by atoms with Gasteiger partial charge in [-0.3, -0.25) is 19.2 Å². The Hall–Kier alpha value is -7.32. The van der Waals surface area contributed by atoms with E-state index in [0.29, 0.717) is 67.1 Å². The smallest absolute Gasteiger partial charge is 0.159 e. The first-order valence-corrected chi connectivity index (χ1v) is 18.1. The van der Waals surface area contributed by atoms with Crippen LogP contribution in [-0.4, -0.2) is 43.1 Å². The molecule has 0 saturated heterocycles. The molecule has 270 valence electrons. The minimum atomic E-state index is -0.0246. The molecule has 6 aromatic carbocycles. The molecule has 0 aliphatic heterocycles. The number of rotatable bonds is 9. The largest absolute Gasteiger partial charge is 0.295 e. The van der Waals surface area contributed by atoms with Crippen LogP contribution < -0.4 is 0 Å². The van der Waals surface area contributed by atoms with Gasteiger partial charge in [-0.25, -0.2) is 19.9 Å². The third kappa shape index (κ3) is 6.92. The van der Waals surface area contributed by atoms with Crippen molar-refractivity contribution in [2.45, 2.75) is 27.7 Å². The Morgan fingerprint density at radius 2 is 0.500 bits per heavy atom. The van der Waals surface area contributed by atoms with Gasteiger partial charge >= 0.3 is 0 Å². The first-order valence-electron chi connectivity index (χ1n) is 18.1. The van der Waals surface area contributed by atoms with E-state index in [4.69, 9.17) is 19.9 Å². The highest BCUT2D eigenvalue weighted by Crippen LogP contribution is 2.35. The van der Waals surface area contributed by atoms with Crippen molar-refractivity contribution in [1.82, 2.24) is 19.9 Å². The van der Waals surface area contributed by atoms with Crippen LogP contribution in [0.2, 0.25) is 0 Å². The molecule has 8 rings (SSSR count). The lowest BCUT2D eigenvalue weighted by Gasteiger charge is -2.13. The minimum Gasteiger partial charge on any atom is -0.295 e. The zero-order valence-corrected chi connectivity index (χ0v) is 31.1. The Morgan fingerprint density at radius 3 is 0.732 bits per heavy atom. The second-order valence-corrected chi connectivity index (χ2v) is 13.8. The van der Waals surface area contributed by atoms with Gasteiger partial charge in [-0.15, -0.1) is 0 Å². The lowest BCUT2D eigenvalue weighted by atomic mass is 9.99. The molecule has 0 bridgehead atoms. The van der Waals surface area contributed by atoms with E-state index < -0.39 is 0 Å². The molecule has 56 heavy (non-hydrogen) atoms. The minimum absolute atomic E-state index is 0.0196. The van der Waals surface area contributed by atoms with Crippen LogP contribution in [0.15, 0.2) is 133 Å². The van der Waals surface area contributed by atoms with Crippen molar-refractivity contribution in [3.05, 3.63) is 156 Å². The molecule has 0 amide bonds. The van der Waals surface area contributed by atoms with Crippen molar-refractivity contribution >= 4 is 45.2 Å². The Kier molecular flexibility index (Phi) is 9.24. The molecule has 0 fully saturated rings. The predicted octanol–water partition coefficient (Wildman–Crippen LogP) is 10.7. The molecule has 8 aromatic rings. The molecule has 0 radical (unpaired) electrons. The number of carbonyl (C=O) groups is 4. The van der Waals surface area contributed by atoms with Crippen molar-refractivity contribution in [2.24, 2.45) is 0 Å². The third-order valence-electron chi connectivity index (χ3n) is 9.92. The quantitative estimate of drug-likeness (QED) is 0.135. The van der Waals surface area contributed by atoms with Crippen molar-refractivity contribution in [3.63, 3.8) is 0 Å². The van der Waals surface area contributed by atoms with E-state index in [9.17, 15) is 19.2 Å². The first-order chi connectivity index (χ1) is 27.0. The molecule has 8 nitrogen and oxygen atoms in total. The summed E-state index contributed by atoms with van der Waals surface area (Å²) >= 11 is 0. The van der Waals surface area contributed by atoms with Crippen LogP contribution in [0.25, 0.3) is 78.2 Å². The number of fused-ring (bicyclic) bond motifs is 2. The maximum atomic E-state index is 12.1. The predicted molar refractivity (Wildman–Crippen MR) is 220 cm³/mol. The van der Waals surface area contributed by atoms with Crippen LogP contribution in [0.3, 0.4) is 0 Å². The summed E-state index contributed by atoms with van der Waals surface area (Å²) in [5.41, 5.74) is 12.8. The van der Waals surface area contributed by atoms with E-state index in [1.54, 1.807) is 48.5 Å². The zero-order valence-electron chi connectivity index (χ0n) is 31.1. The van der Waals surface area contributed by atoms with Crippen LogP contribution in [0.4, 0.5) is 0 Å². The fraction of sp³-hybridized carbons (Fsp3) is 0.0833. The zero-order chi connectivity index (χ0) is 39.1. The van der Waals surface area contributed by atoms with Crippen molar-refractivity contribution < 1.29 is 19.2 Å². The van der Waals surface area contributed by atoms with E-state index in [1.807, 2.05) is 84.9 Å². The monoisotopic (exact) mass is 730 g/mol. The fourth-order valence-corrected chi connectivity index (χ4v) is 6.72. The van der Waals surface area contributed by atoms with Gasteiger partial charge in [-0.05, 0) is 63.1 Å². The van der Waals surface area contributed by atoms with Gasteiger partial charge in [0.2, 0.25) is 0 Å². The summed E-state index contributed by atoms with van der Waals surface area (Å²) in [7, 11) is 0. The topological polar surface area (TPSA) is 120 Å². The van der Waals surface area contributed by atoms with Gasteiger partial charge in [0.1, 0.15) is 0 Å². The summed E-state index contributed by atoms with van der Waals surface area (Å²) in [6, 6.07) is 41.2. The highest BCUT2D eigenvalue weighted by Gasteiger charge is 2.18. The Morgan fingerprint density at radius 1 is 0.286 bits per heavy atom. The van der Waals surface area contributed by atoms with Crippen molar-refractivity contribution in [1.29, 1.82) is 0 Å². The van der Waals surface area contributed by atoms with Gasteiger partial charge < -0.3 is 0 Å². The number of aromatic nitrogens is 4. The van der Waals surface area contributed by atoms with Gasteiger partial charge in [0.15, 0.2) is 23.1 Å². The Balaban J connectivity index is 1.25. The molecule has 8 heteroatoms. The molecule has 2 heterocycles. The first kappa shape index (κ1) is 35.7. The van der Waals surface area contributed by atoms with Crippen LogP contribution in [-0.2, 0) is 0 Å². The van der Waals surface area contributed by atoms with Crippen LogP contribution in [0.5, 0.6) is 0 Å². The lowest BCUT2D eigenvalue weighted by molar-refractivity contribution is 0.100. The average Bonchev–Trinajstić information content (AvgIpc) is 3.22. The summed E-state index contributed by atoms with van der Waals surface area (Å²) in [6.45, 7) is 6.15. The van der Waals surface area contributed by atoms with Crippen LogP contribution >= 0.6 is 0 Å². The van der Waals surface area contributed by atoms with Gasteiger partial charge in [0, 0.05) is 44.5 Å². The number of ketones is 4. The van der Waals surface area contributed by atoms with E-state index in [1.165, 1.54) is 27.7 Å². The summed E-state index contributed by atoms with van der Waals surface area (Å²) in [4.78, 5) is 68.6. The third-order valence-corrected chi connectivity index (χ3v) is 9.92. The molecule has 0 atom stereocenters. The second-order valence-electron chi connectivity index (χ2n) is 13.8. The van der Waals surface area contributed by atoms with Gasteiger partial charge in [0.25, 0.3) is 0 Å². The van der Waals surface area contributed by atoms with E-state index in [0.717, 1.165) is 33.4 Å². The van der Waals surface area contributed by atoms with E-state index in [-0.39, 0.29) is 23.1 Å². The van der Waals surface area contributed by atoms with Gasteiger partial charge in [0.05, 0.1) is 44.8 Å². The Labute approximate surface area is 323 Å². The molecule has 0 unspecified atom stereocenters. The summed E-state index contributed by atoms with van der Waals surface area (Å²) in [5, 5.41) is 0. The number of benzene rings is 6. The number of hydrogen-bond donors (Lipinski definition) is 0. The average molecular weight is 731 g/mol. The molecular weight excluding hydrogens is 697 g/mol. The maximum Gasteiger partial charge on any atom is 0.159 e. The number of hydrogen-bond acceptors (Lipinski definition) is 8. The van der Waals surface area contributed by atoms with E-state index in [2.05, 4.69) is 0 Å².